The van der Waals surface area contributed by atoms with E-state index in [9.17, 15) is 5.11 Å². The van der Waals surface area contributed by atoms with E-state index in [1.165, 1.54) is 0 Å². The fourth-order valence-electron chi connectivity index (χ4n) is 1.83. The normalized spacial score (nSPS) is 11.2. The minimum absolute atomic E-state index is 0.166. The Morgan fingerprint density at radius 2 is 1.73 bits per heavy atom. The van der Waals surface area contributed by atoms with E-state index in [2.05, 4.69) is 13.8 Å². The van der Waals surface area contributed by atoms with Crippen molar-refractivity contribution in [2.24, 2.45) is 0 Å². The molecule has 0 heterocycles. The van der Waals surface area contributed by atoms with E-state index in [0.717, 1.165) is 16.3 Å². The summed E-state index contributed by atoms with van der Waals surface area (Å²) in [6, 6.07) is 9.65. The largest absolute Gasteiger partial charge is 0.506 e. The molecule has 0 atom stereocenters. The molecule has 0 radical (unpaired) electrons. The monoisotopic (exact) mass is 220 g/mol. The summed E-state index contributed by atoms with van der Waals surface area (Å²) in [7, 11) is 0. The Labute approximate surface area is 94.3 Å². The van der Waals surface area contributed by atoms with Crippen molar-refractivity contribution < 1.29 is 5.11 Å². The van der Waals surface area contributed by atoms with Gasteiger partial charge in [0.05, 0.1) is 5.02 Å². The van der Waals surface area contributed by atoms with Gasteiger partial charge >= 0.3 is 0 Å². The van der Waals surface area contributed by atoms with Gasteiger partial charge < -0.3 is 5.11 Å². The number of halogens is 1. The molecule has 0 spiro atoms. The first-order chi connectivity index (χ1) is 7.11. The lowest BCUT2D eigenvalue weighted by atomic mass is 9.96. The molecule has 0 unspecified atom stereocenters. The van der Waals surface area contributed by atoms with Crippen LogP contribution in [0.25, 0.3) is 10.8 Å². The number of benzene rings is 2. The number of phenols is 1. The maximum atomic E-state index is 9.72. The third-order valence-corrected chi connectivity index (χ3v) is 3.01. The van der Waals surface area contributed by atoms with Crippen molar-refractivity contribution in [3.63, 3.8) is 0 Å². The van der Waals surface area contributed by atoms with Crippen LogP contribution in [0, 0.1) is 0 Å². The van der Waals surface area contributed by atoms with Crippen LogP contribution < -0.4 is 0 Å². The first kappa shape index (κ1) is 10.3. The molecule has 2 rings (SSSR count). The van der Waals surface area contributed by atoms with Gasteiger partial charge in [0, 0.05) is 5.39 Å². The molecular formula is C13H13ClO. The van der Waals surface area contributed by atoms with Crippen LogP contribution in [0.5, 0.6) is 5.75 Å². The van der Waals surface area contributed by atoms with Gasteiger partial charge in [-0.2, -0.15) is 0 Å². The zero-order valence-corrected chi connectivity index (χ0v) is 9.55. The lowest BCUT2D eigenvalue weighted by molar-refractivity contribution is 0.475. The van der Waals surface area contributed by atoms with Crippen LogP contribution >= 0.6 is 11.6 Å². The first-order valence-electron chi connectivity index (χ1n) is 5.01. The van der Waals surface area contributed by atoms with Crippen LogP contribution in [0.4, 0.5) is 0 Å². The van der Waals surface area contributed by atoms with Crippen molar-refractivity contribution >= 4 is 22.4 Å². The van der Waals surface area contributed by atoms with Crippen molar-refractivity contribution in [3.8, 4) is 5.75 Å². The summed E-state index contributed by atoms with van der Waals surface area (Å²) in [5.74, 6) is 0.539. The quantitative estimate of drug-likeness (QED) is 0.759. The Morgan fingerprint density at radius 3 is 2.33 bits per heavy atom. The fraction of sp³-hybridized carbons (Fsp3) is 0.231. The third kappa shape index (κ3) is 1.68. The van der Waals surface area contributed by atoms with Gasteiger partial charge in [-0.15, -0.1) is 0 Å². The molecule has 0 saturated carbocycles. The lowest BCUT2D eigenvalue weighted by Gasteiger charge is -2.12. The summed E-state index contributed by atoms with van der Waals surface area (Å²) in [5.41, 5.74) is 1.13. The predicted molar refractivity (Wildman–Crippen MR) is 64.7 cm³/mol. The van der Waals surface area contributed by atoms with Crippen LogP contribution in [0.15, 0.2) is 30.3 Å². The van der Waals surface area contributed by atoms with Crippen LogP contribution in [0.3, 0.4) is 0 Å². The molecule has 0 fully saturated rings. The number of aromatic hydroxyl groups is 1. The Hall–Kier alpha value is -1.21. The van der Waals surface area contributed by atoms with Gasteiger partial charge in [-0.3, -0.25) is 0 Å². The summed E-state index contributed by atoms with van der Waals surface area (Å²) in [4.78, 5) is 0. The number of phenolic OH excluding ortho intramolecular Hbond substituents is 1. The van der Waals surface area contributed by atoms with Crippen molar-refractivity contribution in [1.29, 1.82) is 0 Å². The Bertz CT molecular complexity index is 503. The van der Waals surface area contributed by atoms with Crippen molar-refractivity contribution in [3.05, 3.63) is 40.9 Å². The molecule has 0 amide bonds. The van der Waals surface area contributed by atoms with Crippen molar-refractivity contribution in [1.82, 2.24) is 0 Å². The van der Waals surface area contributed by atoms with Gasteiger partial charge in [-0.1, -0.05) is 49.7 Å². The highest BCUT2D eigenvalue weighted by Crippen LogP contribution is 2.37. The fourth-order valence-corrected chi connectivity index (χ4v) is 2.05. The van der Waals surface area contributed by atoms with E-state index in [4.69, 9.17) is 11.6 Å². The van der Waals surface area contributed by atoms with Crippen molar-refractivity contribution in [2.75, 3.05) is 0 Å². The highest BCUT2D eigenvalue weighted by molar-refractivity contribution is 6.37. The Kier molecular flexibility index (Phi) is 2.57. The Morgan fingerprint density at radius 1 is 1.13 bits per heavy atom. The molecule has 1 N–H and O–H groups in total. The van der Waals surface area contributed by atoms with Gasteiger partial charge in [-0.05, 0) is 22.9 Å². The van der Waals surface area contributed by atoms with Gasteiger partial charge in [0.15, 0.2) is 0 Å². The molecule has 0 aliphatic heterocycles. The van der Waals surface area contributed by atoms with Crippen LogP contribution in [-0.4, -0.2) is 5.11 Å². The second kappa shape index (κ2) is 3.74. The third-order valence-electron chi connectivity index (χ3n) is 2.61. The summed E-state index contributed by atoms with van der Waals surface area (Å²) in [5, 5.41) is 12.2. The summed E-state index contributed by atoms with van der Waals surface area (Å²) >= 11 is 6.05. The topological polar surface area (TPSA) is 20.2 Å². The minimum Gasteiger partial charge on any atom is -0.506 e. The smallest absolute Gasteiger partial charge is 0.135 e. The predicted octanol–water partition coefficient (Wildman–Crippen LogP) is 4.32. The standard InChI is InChI=1S/C13H13ClO/c1-8(2)11-7-12(15)13(14)10-6-4-3-5-9(10)11/h3-8,15H,1-2H3. The maximum Gasteiger partial charge on any atom is 0.135 e. The molecule has 2 aromatic carbocycles. The SMILES string of the molecule is CC(C)c1cc(O)c(Cl)c2ccccc12. The molecule has 15 heavy (non-hydrogen) atoms. The van der Waals surface area contributed by atoms with Crippen LogP contribution in [0.2, 0.25) is 5.02 Å². The average Bonchev–Trinajstić information content (AvgIpc) is 2.23. The molecule has 2 aromatic rings. The molecule has 78 valence electrons. The second-order valence-corrected chi connectivity index (χ2v) is 4.38. The molecule has 0 aliphatic rings. The van der Waals surface area contributed by atoms with E-state index < -0.39 is 0 Å². The first-order valence-corrected chi connectivity index (χ1v) is 5.39. The molecule has 0 bridgehead atoms. The lowest BCUT2D eigenvalue weighted by Crippen LogP contribution is -1.90. The van der Waals surface area contributed by atoms with E-state index in [-0.39, 0.29) is 5.75 Å². The van der Waals surface area contributed by atoms with E-state index in [1.54, 1.807) is 6.07 Å². The number of fused-ring (bicyclic) bond motifs is 1. The second-order valence-electron chi connectivity index (χ2n) is 4.00. The molecule has 0 aromatic heterocycles. The highest BCUT2D eigenvalue weighted by atomic mass is 35.5. The summed E-state index contributed by atoms with van der Waals surface area (Å²) in [6.45, 7) is 4.21. The van der Waals surface area contributed by atoms with Crippen LogP contribution in [-0.2, 0) is 0 Å². The van der Waals surface area contributed by atoms with Gasteiger partial charge in [-0.25, -0.2) is 0 Å². The zero-order valence-electron chi connectivity index (χ0n) is 8.79. The minimum atomic E-state index is 0.166. The number of hydrogen-bond acceptors (Lipinski definition) is 1. The van der Waals surface area contributed by atoms with Gasteiger partial charge in [0.2, 0.25) is 0 Å². The average molecular weight is 221 g/mol. The molecular weight excluding hydrogens is 208 g/mol. The zero-order chi connectivity index (χ0) is 11.0. The van der Waals surface area contributed by atoms with Gasteiger partial charge in [0.25, 0.3) is 0 Å². The Balaban J connectivity index is 2.88. The van der Waals surface area contributed by atoms with Crippen LogP contribution in [0.1, 0.15) is 25.3 Å². The highest BCUT2D eigenvalue weighted by Gasteiger charge is 2.11. The van der Waals surface area contributed by atoms with E-state index in [0.29, 0.717) is 10.9 Å². The number of hydrogen-bond donors (Lipinski definition) is 1. The molecule has 0 saturated heterocycles. The molecule has 2 heteroatoms. The number of rotatable bonds is 1. The van der Waals surface area contributed by atoms with E-state index >= 15 is 0 Å². The van der Waals surface area contributed by atoms with E-state index in [1.807, 2.05) is 24.3 Å². The summed E-state index contributed by atoms with van der Waals surface area (Å²) < 4.78 is 0. The van der Waals surface area contributed by atoms with Crippen molar-refractivity contribution in [2.45, 2.75) is 19.8 Å². The summed E-state index contributed by atoms with van der Waals surface area (Å²) in [6.07, 6.45) is 0. The maximum absolute atomic E-state index is 9.72. The molecule has 1 nitrogen and oxygen atoms in total. The van der Waals surface area contributed by atoms with Gasteiger partial charge in [0.1, 0.15) is 5.75 Å². The molecule has 0 aliphatic carbocycles.